The Labute approximate surface area is 162 Å². The molecule has 0 aromatic heterocycles. The number of hydrogen-bond donors (Lipinski definition) is 1. The van der Waals surface area contributed by atoms with Crippen molar-refractivity contribution in [3.8, 4) is 0 Å². The molecule has 0 aromatic rings. The number of ether oxygens (including phenoxy) is 2. The summed E-state index contributed by atoms with van der Waals surface area (Å²) in [5.41, 5.74) is 0. The zero-order chi connectivity index (χ0) is 17.3. The van der Waals surface area contributed by atoms with Crippen LogP contribution in [0, 0.1) is 0 Å². The molecule has 7 nitrogen and oxygen atoms in total. The van der Waals surface area contributed by atoms with Crippen LogP contribution in [-0.4, -0.2) is 42.4 Å². The predicted octanol–water partition coefficient (Wildman–Crippen LogP) is -0.787. The van der Waals surface area contributed by atoms with Gasteiger partial charge in [0.15, 0.2) is 5.25 Å². The molecule has 0 spiro atoms. The second-order valence-electron chi connectivity index (χ2n) is 5.33. The average molecular weight is 362 g/mol. The zero-order valence-corrected chi connectivity index (χ0v) is 17.4. The van der Waals surface area contributed by atoms with Crippen LogP contribution in [0.4, 0.5) is 0 Å². The van der Waals surface area contributed by atoms with Crippen LogP contribution in [-0.2, 0) is 29.2 Å². The van der Waals surface area contributed by atoms with E-state index in [1.807, 2.05) is 13.8 Å². The molecule has 132 valence electrons. The van der Waals surface area contributed by atoms with Gasteiger partial charge in [-0.3, -0.25) is 14.1 Å². The van der Waals surface area contributed by atoms with Crippen LogP contribution >= 0.6 is 0 Å². The topological polar surface area (TPSA) is 107 Å². The maximum Gasteiger partial charge on any atom is 1.00 e. The summed E-state index contributed by atoms with van der Waals surface area (Å²) in [6.07, 6.45) is 1.10. The van der Waals surface area contributed by atoms with E-state index >= 15 is 0 Å². The molecular formula is C14H27NaO7S. The number of rotatable bonds is 10. The second-order valence-corrected chi connectivity index (χ2v) is 6.93. The van der Waals surface area contributed by atoms with Crippen LogP contribution < -0.4 is 29.6 Å². The molecule has 0 bridgehead atoms. The van der Waals surface area contributed by atoms with Crippen LogP contribution in [0.15, 0.2) is 0 Å². The van der Waals surface area contributed by atoms with Crippen LogP contribution in [0.5, 0.6) is 0 Å². The second kappa shape index (κ2) is 12.2. The maximum atomic E-state index is 11.9. The summed E-state index contributed by atoms with van der Waals surface area (Å²) < 4.78 is 41.7. The Kier molecular flexibility index (Phi) is 13.4. The van der Waals surface area contributed by atoms with Crippen molar-refractivity contribution in [2.24, 2.45) is 0 Å². The molecular weight excluding hydrogens is 335 g/mol. The predicted molar refractivity (Wildman–Crippen MR) is 82.0 cm³/mol. The first-order chi connectivity index (χ1) is 10.1. The standard InChI is InChI=1S/C14H26O7S.Na.H/c1-5-7-10(3)20-13(15)9-12(22(17,18)19)14(16)21-11(4)8-6-2;;/h10-12H,5-9H2,1-4H3,(H,17,18,19);;/q;+1;-1. The average Bonchev–Trinajstić information content (AvgIpc) is 2.34. The van der Waals surface area contributed by atoms with E-state index in [0.717, 1.165) is 12.8 Å². The number of hydrogen-bond acceptors (Lipinski definition) is 6. The SMILES string of the molecule is CCCC(C)OC(=O)CC(C(=O)OC(C)CCC)S(=O)(=O)O.[H-].[Na+]. The van der Waals surface area contributed by atoms with Crippen LogP contribution in [0.1, 0.15) is 61.2 Å². The fraction of sp³-hybridized carbons (Fsp3) is 0.857. The molecule has 0 aliphatic heterocycles. The van der Waals surface area contributed by atoms with Crippen molar-refractivity contribution in [2.75, 3.05) is 0 Å². The summed E-state index contributed by atoms with van der Waals surface area (Å²) in [5, 5.41) is -1.95. The molecule has 0 radical (unpaired) electrons. The van der Waals surface area contributed by atoms with Gasteiger partial charge in [0.25, 0.3) is 10.1 Å². The minimum Gasteiger partial charge on any atom is -1.00 e. The minimum absolute atomic E-state index is 0. The molecule has 0 saturated carbocycles. The van der Waals surface area contributed by atoms with Gasteiger partial charge in [-0.25, -0.2) is 0 Å². The molecule has 23 heavy (non-hydrogen) atoms. The molecule has 0 rings (SSSR count). The number of carbonyl (C=O) groups is 2. The van der Waals surface area contributed by atoms with Crippen molar-refractivity contribution >= 4 is 22.1 Å². The third-order valence-corrected chi connectivity index (χ3v) is 4.09. The Bertz CT molecular complexity index is 470. The van der Waals surface area contributed by atoms with Crippen molar-refractivity contribution in [1.29, 1.82) is 0 Å². The van der Waals surface area contributed by atoms with Gasteiger partial charge < -0.3 is 10.9 Å². The quantitative estimate of drug-likeness (QED) is 0.308. The molecule has 0 saturated heterocycles. The largest absolute Gasteiger partial charge is 1.00 e. The van der Waals surface area contributed by atoms with E-state index in [1.54, 1.807) is 13.8 Å². The molecule has 0 fully saturated rings. The molecule has 0 aromatic carbocycles. The Balaban J connectivity index is -0.00000220. The van der Waals surface area contributed by atoms with Gasteiger partial charge >= 0.3 is 41.5 Å². The van der Waals surface area contributed by atoms with Gasteiger partial charge in [0.05, 0.1) is 18.6 Å². The fourth-order valence-electron chi connectivity index (χ4n) is 1.94. The zero-order valence-electron chi connectivity index (χ0n) is 15.6. The van der Waals surface area contributed by atoms with Gasteiger partial charge in [0, 0.05) is 0 Å². The van der Waals surface area contributed by atoms with Crippen molar-refractivity contribution < 1.29 is 63.0 Å². The third-order valence-electron chi connectivity index (χ3n) is 3.01. The summed E-state index contributed by atoms with van der Waals surface area (Å²) in [5.74, 6) is -1.99. The van der Waals surface area contributed by atoms with Gasteiger partial charge in [-0.15, -0.1) is 0 Å². The molecule has 0 heterocycles. The van der Waals surface area contributed by atoms with Crippen LogP contribution in [0.25, 0.3) is 0 Å². The van der Waals surface area contributed by atoms with E-state index in [1.165, 1.54) is 0 Å². The van der Waals surface area contributed by atoms with Crippen molar-refractivity contribution in [1.82, 2.24) is 0 Å². The van der Waals surface area contributed by atoms with Gasteiger partial charge in [-0.2, -0.15) is 8.42 Å². The van der Waals surface area contributed by atoms with Crippen molar-refractivity contribution in [3.63, 3.8) is 0 Å². The Hall–Kier alpha value is -0.150. The van der Waals surface area contributed by atoms with E-state index in [2.05, 4.69) is 0 Å². The molecule has 0 amide bonds. The first-order valence-corrected chi connectivity index (χ1v) is 8.98. The van der Waals surface area contributed by atoms with E-state index in [-0.39, 0.29) is 37.1 Å². The Morgan fingerprint density at radius 2 is 1.48 bits per heavy atom. The minimum atomic E-state index is -4.74. The maximum absolute atomic E-state index is 11.9. The van der Waals surface area contributed by atoms with E-state index in [9.17, 15) is 18.0 Å². The summed E-state index contributed by atoms with van der Waals surface area (Å²) >= 11 is 0. The molecule has 9 heteroatoms. The molecule has 1 N–H and O–H groups in total. The fourth-order valence-corrected chi connectivity index (χ4v) is 2.58. The van der Waals surface area contributed by atoms with E-state index in [4.69, 9.17) is 14.0 Å². The summed E-state index contributed by atoms with van der Waals surface area (Å²) in [6, 6.07) is 0. The van der Waals surface area contributed by atoms with Gasteiger partial charge in [0.1, 0.15) is 0 Å². The Morgan fingerprint density at radius 3 is 1.87 bits per heavy atom. The molecule has 0 aliphatic rings. The first-order valence-electron chi connectivity index (χ1n) is 7.48. The number of carbonyl (C=O) groups excluding carboxylic acids is 2. The van der Waals surface area contributed by atoms with Crippen molar-refractivity contribution in [3.05, 3.63) is 0 Å². The first kappa shape index (κ1) is 25.1. The summed E-state index contributed by atoms with van der Waals surface area (Å²) in [6.45, 7) is 7.09. The van der Waals surface area contributed by atoms with Crippen molar-refractivity contribution in [2.45, 2.75) is 77.3 Å². The van der Waals surface area contributed by atoms with E-state index < -0.39 is 39.8 Å². The third kappa shape index (κ3) is 11.1. The molecule has 3 unspecified atom stereocenters. The van der Waals surface area contributed by atoms with E-state index in [0.29, 0.717) is 12.8 Å². The van der Waals surface area contributed by atoms with Crippen LogP contribution in [0.2, 0.25) is 0 Å². The van der Waals surface area contributed by atoms with Gasteiger partial charge in [-0.05, 0) is 26.7 Å². The Morgan fingerprint density at radius 1 is 1.04 bits per heavy atom. The normalized spacial score (nSPS) is 15.0. The molecule has 0 aliphatic carbocycles. The summed E-state index contributed by atoms with van der Waals surface area (Å²) in [4.78, 5) is 23.5. The number of esters is 2. The smallest absolute Gasteiger partial charge is 1.00 e. The molecule has 3 atom stereocenters. The van der Waals surface area contributed by atoms with Gasteiger partial charge in [-0.1, -0.05) is 26.7 Å². The van der Waals surface area contributed by atoms with Gasteiger partial charge in [0.2, 0.25) is 0 Å². The van der Waals surface area contributed by atoms with Crippen LogP contribution in [0.3, 0.4) is 0 Å². The monoisotopic (exact) mass is 362 g/mol. The summed E-state index contributed by atoms with van der Waals surface area (Å²) in [7, 11) is -4.74.